The summed E-state index contributed by atoms with van der Waals surface area (Å²) < 4.78 is 0. The Bertz CT molecular complexity index is 966. The quantitative estimate of drug-likeness (QED) is 0.463. The first-order valence-electron chi connectivity index (χ1n) is 8.74. The van der Waals surface area contributed by atoms with E-state index < -0.39 is 5.97 Å². The van der Waals surface area contributed by atoms with Crippen molar-refractivity contribution in [3.8, 4) is 22.3 Å². The first-order chi connectivity index (χ1) is 13.3. The number of rotatable bonds is 3. The van der Waals surface area contributed by atoms with Gasteiger partial charge < -0.3 is 5.11 Å². The van der Waals surface area contributed by atoms with E-state index in [2.05, 4.69) is 0 Å². The molecule has 1 N–H and O–H groups in total. The Morgan fingerprint density at radius 2 is 0.889 bits per heavy atom. The maximum Gasteiger partial charge on any atom is 0.336 e. The van der Waals surface area contributed by atoms with E-state index in [1.54, 1.807) is 12.1 Å². The van der Waals surface area contributed by atoms with E-state index >= 15 is 0 Å². The summed E-state index contributed by atoms with van der Waals surface area (Å²) in [5, 5.41) is 9.39. The molecule has 0 amide bonds. The molecule has 132 valence electrons. The Labute approximate surface area is 159 Å². The summed E-state index contributed by atoms with van der Waals surface area (Å²) in [4.78, 5) is 11.4. The molecule has 4 aromatic carbocycles. The van der Waals surface area contributed by atoms with E-state index in [0.29, 0.717) is 5.56 Å². The largest absolute Gasteiger partial charge is 0.478 e. The van der Waals surface area contributed by atoms with Gasteiger partial charge in [0.05, 0.1) is 5.56 Å². The van der Waals surface area contributed by atoms with Gasteiger partial charge in [-0.15, -0.1) is 0 Å². The molecular formula is C25H20O2. The third-order valence-corrected chi connectivity index (χ3v) is 4.13. The van der Waals surface area contributed by atoms with Crippen LogP contribution in [-0.4, -0.2) is 11.1 Å². The third kappa shape index (κ3) is 4.71. The van der Waals surface area contributed by atoms with Gasteiger partial charge in [-0.2, -0.15) is 0 Å². The average Bonchev–Trinajstić information content (AvgIpc) is 2.76. The first-order valence-corrected chi connectivity index (χ1v) is 8.74. The lowest BCUT2D eigenvalue weighted by molar-refractivity contribution is 0.0697. The second-order valence-electron chi connectivity index (χ2n) is 5.92. The molecular weight excluding hydrogens is 332 g/mol. The highest BCUT2D eigenvalue weighted by Gasteiger charge is 2.14. The number of carboxylic acid groups (broad SMARTS) is 1. The van der Waals surface area contributed by atoms with Gasteiger partial charge in [0.1, 0.15) is 0 Å². The van der Waals surface area contributed by atoms with Crippen LogP contribution in [-0.2, 0) is 0 Å². The van der Waals surface area contributed by atoms with Crippen LogP contribution in [0.3, 0.4) is 0 Å². The number of aromatic carboxylic acids is 1. The van der Waals surface area contributed by atoms with E-state index in [1.165, 1.54) is 0 Å². The van der Waals surface area contributed by atoms with Gasteiger partial charge in [0.25, 0.3) is 0 Å². The SMILES string of the molecule is O=C(O)c1ccccc1-c1ccccc1-c1ccccc1.c1ccccc1. The summed E-state index contributed by atoms with van der Waals surface area (Å²) in [5.41, 5.74) is 4.10. The zero-order chi connectivity index (χ0) is 18.9. The lowest BCUT2D eigenvalue weighted by Crippen LogP contribution is -1.99. The van der Waals surface area contributed by atoms with Crippen LogP contribution in [0, 0.1) is 0 Å². The normalized spacial score (nSPS) is 9.78. The van der Waals surface area contributed by atoms with Crippen molar-refractivity contribution in [2.24, 2.45) is 0 Å². The minimum atomic E-state index is -0.909. The molecule has 0 saturated heterocycles. The Kier molecular flexibility index (Phi) is 6.16. The molecule has 0 heterocycles. The van der Waals surface area contributed by atoms with Crippen molar-refractivity contribution in [2.75, 3.05) is 0 Å². The molecule has 4 aromatic rings. The Hall–Kier alpha value is -3.65. The van der Waals surface area contributed by atoms with Gasteiger partial charge in [-0.25, -0.2) is 4.79 Å². The molecule has 0 fully saturated rings. The number of carboxylic acids is 1. The van der Waals surface area contributed by atoms with Crippen LogP contribution in [0.25, 0.3) is 22.3 Å². The summed E-state index contributed by atoms with van der Waals surface area (Å²) >= 11 is 0. The molecule has 0 aromatic heterocycles. The van der Waals surface area contributed by atoms with Gasteiger partial charge in [0.15, 0.2) is 0 Å². The highest BCUT2D eigenvalue weighted by atomic mass is 16.4. The third-order valence-electron chi connectivity index (χ3n) is 4.13. The number of benzene rings is 4. The molecule has 27 heavy (non-hydrogen) atoms. The maximum atomic E-state index is 11.4. The monoisotopic (exact) mass is 352 g/mol. The average molecular weight is 352 g/mol. The molecule has 0 atom stereocenters. The molecule has 0 aliphatic rings. The van der Waals surface area contributed by atoms with Crippen molar-refractivity contribution in [2.45, 2.75) is 0 Å². The van der Waals surface area contributed by atoms with Gasteiger partial charge in [-0.1, -0.05) is 109 Å². The summed E-state index contributed by atoms with van der Waals surface area (Å²) in [5.74, 6) is -0.909. The molecule has 0 aliphatic heterocycles. The van der Waals surface area contributed by atoms with Gasteiger partial charge in [0.2, 0.25) is 0 Å². The minimum Gasteiger partial charge on any atom is -0.478 e. The van der Waals surface area contributed by atoms with E-state index in [-0.39, 0.29) is 0 Å². The van der Waals surface area contributed by atoms with E-state index in [0.717, 1.165) is 22.3 Å². The van der Waals surface area contributed by atoms with Crippen LogP contribution in [0.4, 0.5) is 0 Å². The molecule has 0 saturated carbocycles. The smallest absolute Gasteiger partial charge is 0.336 e. The fraction of sp³-hybridized carbons (Fsp3) is 0. The molecule has 0 bridgehead atoms. The molecule has 0 unspecified atom stereocenters. The summed E-state index contributed by atoms with van der Waals surface area (Å²) in [7, 11) is 0. The van der Waals surface area contributed by atoms with Gasteiger partial charge in [0, 0.05) is 0 Å². The number of hydrogen-bond donors (Lipinski definition) is 1. The van der Waals surface area contributed by atoms with Crippen LogP contribution in [0.1, 0.15) is 10.4 Å². The molecule has 2 heteroatoms. The Balaban J connectivity index is 0.000000299. The lowest BCUT2D eigenvalue weighted by atomic mass is 9.92. The Morgan fingerprint density at radius 1 is 0.481 bits per heavy atom. The van der Waals surface area contributed by atoms with Crippen molar-refractivity contribution in [1.29, 1.82) is 0 Å². The number of carbonyl (C=O) groups is 1. The van der Waals surface area contributed by atoms with Crippen molar-refractivity contribution >= 4 is 5.97 Å². The topological polar surface area (TPSA) is 37.3 Å². The van der Waals surface area contributed by atoms with Crippen LogP contribution < -0.4 is 0 Å². The van der Waals surface area contributed by atoms with Crippen molar-refractivity contribution in [1.82, 2.24) is 0 Å². The fourth-order valence-corrected chi connectivity index (χ4v) is 2.88. The van der Waals surface area contributed by atoms with E-state index in [9.17, 15) is 9.90 Å². The zero-order valence-corrected chi connectivity index (χ0v) is 14.8. The number of hydrogen-bond acceptors (Lipinski definition) is 1. The fourth-order valence-electron chi connectivity index (χ4n) is 2.88. The van der Waals surface area contributed by atoms with Crippen LogP contribution in [0.2, 0.25) is 0 Å². The summed E-state index contributed by atoms with van der Waals surface area (Å²) in [6, 6.07) is 37.0. The molecule has 0 aliphatic carbocycles. The van der Waals surface area contributed by atoms with Gasteiger partial charge >= 0.3 is 5.97 Å². The van der Waals surface area contributed by atoms with Crippen molar-refractivity contribution < 1.29 is 9.90 Å². The summed E-state index contributed by atoms with van der Waals surface area (Å²) in [6.07, 6.45) is 0. The standard InChI is InChI=1S/C19H14O2.C6H6/c20-19(21)18-13-7-6-12-17(18)16-11-5-4-10-15(16)14-8-2-1-3-9-14;1-2-4-6-5-3-1/h1-13H,(H,20,21);1-6H. The molecule has 2 nitrogen and oxygen atoms in total. The van der Waals surface area contributed by atoms with Crippen molar-refractivity contribution in [3.63, 3.8) is 0 Å². The highest BCUT2D eigenvalue weighted by Crippen LogP contribution is 2.33. The first kappa shape index (κ1) is 18.2. The highest BCUT2D eigenvalue weighted by molar-refractivity contribution is 5.98. The van der Waals surface area contributed by atoms with Crippen LogP contribution in [0.15, 0.2) is 115 Å². The predicted octanol–water partition coefficient (Wildman–Crippen LogP) is 6.41. The summed E-state index contributed by atoms with van der Waals surface area (Å²) in [6.45, 7) is 0. The zero-order valence-electron chi connectivity index (χ0n) is 14.8. The van der Waals surface area contributed by atoms with E-state index in [1.807, 2.05) is 103 Å². The minimum absolute atomic E-state index is 0.320. The maximum absolute atomic E-state index is 11.4. The second kappa shape index (κ2) is 9.16. The molecule has 0 spiro atoms. The Morgan fingerprint density at radius 3 is 1.44 bits per heavy atom. The van der Waals surface area contributed by atoms with Crippen LogP contribution >= 0.6 is 0 Å². The predicted molar refractivity (Wildman–Crippen MR) is 111 cm³/mol. The van der Waals surface area contributed by atoms with Crippen molar-refractivity contribution in [3.05, 3.63) is 121 Å². The van der Waals surface area contributed by atoms with Crippen LogP contribution in [0.5, 0.6) is 0 Å². The van der Waals surface area contributed by atoms with E-state index in [4.69, 9.17) is 0 Å². The van der Waals surface area contributed by atoms with Gasteiger partial charge in [-0.05, 0) is 28.3 Å². The second-order valence-corrected chi connectivity index (χ2v) is 5.92. The molecule has 4 rings (SSSR count). The lowest BCUT2D eigenvalue weighted by Gasteiger charge is -2.12. The van der Waals surface area contributed by atoms with Gasteiger partial charge in [-0.3, -0.25) is 0 Å². The molecule has 0 radical (unpaired) electrons.